The van der Waals surface area contributed by atoms with Crippen LogP contribution < -0.4 is 5.32 Å². The van der Waals surface area contributed by atoms with E-state index in [9.17, 15) is 0 Å². The molecule has 1 heteroatoms. The van der Waals surface area contributed by atoms with Gasteiger partial charge in [-0.1, -0.05) is 51.1 Å². The molecule has 0 amide bonds. The van der Waals surface area contributed by atoms with Crippen LogP contribution in [0.1, 0.15) is 45.6 Å². The monoisotopic (exact) mass is 233 g/mol. The summed E-state index contributed by atoms with van der Waals surface area (Å²) < 4.78 is 0. The predicted molar refractivity (Wildman–Crippen MR) is 76.3 cm³/mol. The lowest BCUT2D eigenvalue weighted by atomic mass is 9.92. The molecule has 2 atom stereocenters. The van der Waals surface area contributed by atoms with Gasteiger partial charge in [-0.05, 0) is 43.7 Å². The van der Waals surface area contributed by atoms with E-state index < -0.39 is 0 Å². The van der Waals surface area contributed by atoms with Crippen molar-refractivity contribution in [2.45, 2.75) is 52.5 Å². The smallest absolute Gasteiger partial charge is 0.00901 e. The molecule has 0 spiro atoms. The van der Waals surface area contributed by atoms with Crippen molar-refractivity contribution >= 4 is 0 Å². The van der Waals surface area contributed by atoms with Crippen molar-refractivity contribution in [1.82, 2.24) is 5.32 Å². The highest BCUT2D eigenvalue weighted by Gasteiger charge is 2.13. The Morgan fingerprint density at radius 1 is 1.12 bits per heavy atom. The fraction of sp³-hybridized carbons (Fsp3) is 0.625. The van der Waals surface area contributed by atoms with Gasteiger partial charge in [0.2, 0.25) is 0 Å². The summed E-state index contributed by atoms with van der Waals surface area (Å²) in [4.78, 5) is 0. The molecule has 0 saturated carbocycles. The quantitative estimate of drug-likeness (QED) is 0.714. The largest absolute Gasteiger partial charge is 0.314 e. The van der Waals surface area contributed by atoms with E-state index in [1.165, 1.54) is 31.2 Å². The zero-order valence-electron chi connectivity index (χ0n) is 11.6. The molecule has 0 aliphatic rings. The van der Waals surface area contributed by atoms with Crippen LogP contribution in [-0.4, -0.2) is 12.6 Å². The summed E-state index contributed by atoms with van der Waals surface area (Å²) in [5.74, 6) is 0.756. The summed E-state index contributed by atoms with van der Waals surface area (Å²) in [7, 11) is 0. The summed E-state index contributed by atoms with van der Waals surface area (Å²) >= 11 is 0. The van der Waals surface area contributed by atoms with Crippen molar-refractivity contribution in [1.29, 1.82) is 0 Å². The number of nitrogens with one attached hydrogen (secondary N) is 1. The zero-order valence-corrected chi connectivity index (χ0v) is 11.6. The van der Waals surface area contributed by atoms with Crippen molar-refractivity contribution in [3.8, 4) is 0 Å². The van der Waals surface area contributed by atoms with Gasteiger partial charge in [0.1, 0.15) is 0 Å². The molecule has 0 aromatic heterocycles. The third-order valence-electron chi connectivity index (χ3n) is 3.51. The minimum atomic E-state index is 0.679. The molecule has 1 rings (SSSR count). The molecule has 0 bridgehead atoms. The average molecular weight is 233 g/mol. The van der Waals surface area contributed by atoms with Crippen molar-refractivity contribution < 1.29 is 0 Å². The van der Waals surface area contributed by atoms with Crippen LogP contribution in [0.4, 0.5) is 0 Å². The summed E-state index contributed by atoms with van der Waals surface area (Å²) in [6, 6.07) is 11.5. The fourth-order valence-electron chi connectivity index (χ4n) is 2.32. The van der Waals surface area contributed by atoms with Crippen LogP contribution >= 0.6 is 0 Å². The first kappa shape index (κ1) is 14.2. The highest BCUT2D eigenvalue weighted by molar-refractivity contribution is 5.14. The maximum Gasteiger partial charge on any atom is 0.00901 e. The van der Waals surface area contributed by atoms with Gasteiger partial charge in [0.15, 0.2) is 0 Å². The molecule has 1 aromatic rings. The van der Waals surface area contributed by atoms with E-state index in [-0.39, 0.29) is 0 Å². The van der Waals surface area contributed by atoms with Gasteiger partial charge in [-0.2, -0.15) is 0 Å². The second kappa shape index (κ2) is 8.30. The van der Waals surface area contributed by atoms with E-state index in [0.717, 1.165) is 12.5 Å². The molecule has 1 nitrogen and oxygen atoms in total. The normalized spacial score (nSPS) is 14.5. The fourth-order valence-corrected chi connectivity index (χ4v) is 2.32. The first-order valence-electron chi connectivity index (χ1n) is 7.05. The van der Waals surface area contributed by atoms with Crippen molar-refractivity contribution in [3.05, 3.63) is 35.9 Å². The van der Waals surface area contributed by atoms with Gasteiger partial charge in [-0.3, -0.25) is 0 Å². The zero-order chi connectivity index (χ0) is 12.5. The number of benzene rings is 1. The summed E-state index contributed by atoms with van der Waals surface area (Å²) in [6.45, 7) is 8.04. The number of hydrogen-bond acceptors (Lipinski definition) is 1. The molecule has 0 aliphatic heterocycles. The Balaban J connectivity index is 2.34. The maximum absolute atomic E-state index is 3.66. The second-order valence-corrected chi connectivity index (χ2v) is 4.97. The maximum atomic E-state index is 3.66. The van der Waals surface area contributed by atoms with E-state index in [2.05, 4.69) is 56.4 Å². The lowest BCUT2D eigenvalue weighted by Gasteiger charge is -2.24. The minimum absolute atomic E-state index is 0.679. The Labute approximate surface area is 107 Å². The molecular weight excluding hydrogens is 206 g/mol. The number of rotatable bonds is 8. The molecule has 0 heterocycles. The molecule has 0 fully saturated rings. The minimum Gasteiger partial charge on any atom is -0.314 e. The van der Waals surface area contributed by atoms with E-state index in [1.54, 1.807) is 0 Å². The molecule has 0 aliphatic carbocycles. The van der Waals surface area contributed by atoms with E-state index in [1.807, 2.05) is 0 Å². The molecule has 1 N–H and O–H groups in total. The van der Waals surface area contributed by atoms with Gasteiger partial charge < -0.3 is 5.32 Å². The summed E-state index contributed by atoms with van der Waals surface area (Å²) in [5.41, 5.74) is 1.46. The van der Waals surface area contributed by atoms with E-state index in [4.69, 9.17) is 0 Å². The van der Waals surface area contributed by atoms with Gasteiger partial charge in [-0.15, -0.1) is 0 Å². The highest BCUT2D eigenvalue weighted by atomic mass is 14.9. The molecule has 96 valence electrons. The van der Waals surface area contributed by atoms with Gasteiger partial charge in [-0.25, -0.2) is 0 Å². The van der Waals surface area contributed by atoms with Crippen LogP contribution in [0, 0.1) is 5.92 Å². The predicted octanol–water partition coefficient (Wildman–Crippen LogP) is 4.03. The van der Waals surface area contributed by atoms with Crippen molar-refractivity contribution in [2.75, 3.05) is 6.54 Å². The Bertz CT molecular complexity index is 281. The van der Waals surface area contributed by atoms with Crippen LogP contribution in [0.3, 0.4) is 0 Å². The van der Waals surface area contributed by atoms with Crippen molar-refractivity contribution in [2.24, 2.45) is 5.92 Å². The third-order valence-corrected chi connectivity index (χ3v) is 3.51. The van der Waals surface area contributed by atoms with Crippen LogP contribution in [0.25, 0.3) is 0 Å². The molecule has 2 unspecified atom stereocenters. The van der Waals surface area contributed by atoms with Crippen LogP contribution in [-0.2, 0) is 6.42 Å². The SMILES string of the molecule is CCCNC(CC)C(C)CCc1ccccc1. The Morgan fingerprint density at radius 3 is 2.41 bits per heavy atom. The molecular formula is C16H27N. The third kappa shape index (κ3) is 5.36. The Kier molecular flexibility index (Phi) is 6.95. The van der Waals surface area contributed by atoms with Gasteiger partial charge in [0.05, 0.1) is 0 Å². The second-order valence-electron chi connectivity index (χ2n) is 4.97. The Morgan fingerprint density at radius 2 is 1.82 bits per heavy atom. The average Bonchev–Trinajstić information content (AvgIpc) is 2.38. The van der Waals surface area contributed by atoms with Crippen molar-refractivity contribution in [3.63, 3.8) is 0 Å². The topological polar surface area (TPSA) is 12.0 Å². The highest BCUT2D eigenvalue weighted by Crippen LogP contribution is 2.15. The van der Waals surface area contributed by atoms with E-state index in [0.29, 0.717) is 6.04 Å². The molecule has 0 saturated heterocycles. The van der Waals surface area contributed by atoms with Crippen LogP contribution in [0.5, 0.6) is 0 Å². The standard InChI is InChI=1S/C16H27N/c1-4-13-17-16(5-2)14(3)11-12-15-9-7-6-8-10-15/h6-10,14,16-17H,4-5,11-13H2,1-3H3. The molecule has 0 radical (unpaired) electrons. The summed E-state index contributed by atoms with van der Waals surface area (Å²) in [6.07, 6.45) is 4.93. The van der Waals surface area contributed by atoms with Crippen LogP contribution in [0.15, 0.2) is 30.3 Å². The number of aryl methyl sites for hydroxylation is 1. The lowest BCUT2D eigenvalue weighted by molar-refractivity contribution is 0.349. The first-order chi connectivity index (χ1) is 8.27. The van der Waals surface area contributed by atoms with E-state index >= 15 is 0 Å². The molecule has 1 aromatic carbocycles. The van der Waals surface area contributed by atoms with Gasteiger partial charge >= 0.3 is 0 Å². The molecule has 17 heavy (non-hydrogen) atoms. The van der Waals surface area contributed by atoms with Gasteiger partial charge in [0, 0.05) is 6.04 Å². The van der Waals surface area contributed by atoms with Crippen LogP contribution in [0.2, 0.25) is 0 Å². The first-order valence-corrected chi connectivity index (χ1v) is 7.05. The summed E-state index contributed by atoms with van der Waals surface area (Å²) in [5, 5.41) is 3.66. The number of hydrogen-bond donors (Lipinski definition) is 1. The van der Waals surface area contributed by atoms with Gasteiger partial charge in [0.25, 0.3) is 0 Å². The lowest BCUT2D eigenvalue weighted by Crippen LogP contribution is -2.35. The Hall–Kier alpha value is -0.820.